The van der Waals surface area contributed by atoms with Gasteiger partial charge in [0.05, 0.1) is 11.6 Å². The van der Waals surface area contributed by atoms with E-state index in [9.17, 15) is 0 Å². The predicted octanol–water partition coefficient (Wildman–Crippen LogP) is 2.18. The quantitative estimate of drug-likeness (QED) is 0.778. The standard InChI is InChI=1S/C12H17ClN2O2/c1-9-7-10(8-13)15-11(14-9)12(16-2)3-5-17-6-4-12/h7H,3-6,8H2,1-2H3. The lowest BCUT2D eigenvalue weighted by atomic mass is 9.93. The highest BCUT2D eigenvalue weighted by Gasteiger charge is 2.37. The van der Waals surface area contributed by atoms with Gasteiger partial charge in [0, 0.05) is 38.9 Å². The van der Waals surface area contributed by atoms with Crippen molar-refractivity contribution in [1.82, 2.24) is 9.97 Å². The van der Waals surface area contributed by atoms with Crippen LogP contribution in [0.2, 0.25) is 0 Å². The zero-order valence-corrected chi connectivity index (χ0v) is 11.0. The summed E-state index contributed by atoms with van der Waals surface area (Å²) < 4.78 is 11.0. The van der Waals surface area contributed by atoms with E-state index < -0.39 is 5.60 Å². The number of ether oxygens (including phenoxy) is 2. The van der Waals surface area contributed by atoms with E-state index in [-0.39, 0.29) is 0 Å². The number of hydrogen-bond acceptors (Lipinski definition) is 4. The Kier molecular flexibility index (Phi) is 3.97. The highest BCUT2D eigenvalue weighted by molar-refractivity contribution is 6.16. The molecule has 94 valence electrons. The third-order valence-electron chi connectivity index (χ3n) is 3.14. The first kappa shape index (κ1) is 12.7. The summed E-state index contributed by atoms with van der Waals surface area (Å²) in [7, 11) is 1.71. The first-order valence-electron chi connectivity index (χ1n) is 5.74. The summed E-state index contributed by atoms with van der Waals surface area (Å²) in [6, 6.07) is 1.90. The van der Waals surface area contributed by atoms with Crippen molar-refractivity contribution in [2.24, 2.45) is 0 Å². The lowest BCUT2D eigenvalue weighted by Gasteiger charge is -2.34. The van der Waals surface area contributed by atoms with Gasteiger partial charge in [-0.1, -0.05) is 0 Å². The molecule has 0 N–H and O–H groups in total. The number of aryl methyl sites for hydroxylation is 1. The fraction of sp³-hybridized carbons (Fsp3) is 0.667. The van der Waals surface area contributed by atoms with E-state index in [0.29, 0.717) is 19.1 Å². The number of rotatable bonds is 3. The fourth-order valence-corrected chi connectivity index (χ4v) is 2.26. The van der Waals surface area contributed by atoms with Crippen molar-refractivity contribution in [2.45, 2.75) is 31.2 Å². The summed E-state index contributed by atoms with van der Waals surface area (Å²) in [5.74, 6) is 1.13. The van der Waals surface area contributed by atoms with Gasteiger partial charge in [0.1, 0.15) is 5.60 Å². The molecule has 0 aromatic carbocycles. The number of aromatic nitrogens is 2. The van der Waals surface area contributed by atoms with Gasteiger partial charge < -0.3 is 9.47 Å². The second-order valence-electron chi connectivity index (χ2n) is 4.27. The van der Waals surface area contributed by atoms with Crippen molar-refractivity contribution in [3.63, 3.8) is 0 Å². The Morgan fingerprint density at radius 3 is 2.71 bits per heavy atom. The van der Waals surface area contributed by atoms with Crippen LogP contribution in [0.25, 0.3) is 0 Å². The summed E-state index contributed by atoms with van der Waals surface area (Å²) in [4.78, 5) is 8.99. The van der Waals surface area contributed by atoms with Gasteiger partial charge in [-0.05, 0) is 13.0 Å². The van der Waals surface area contributed by atoms with Gasteiger partial charge in [0.2, 0.25) is 0 Å². The Labute approximate surface area is 106 Å². The normalized spacial score (nSPS) is 19.2. The molecule has 1 fully saturated rings. The fourth-order valence-electron chi connectivity index (χ4n) is 2.13. The molecule has 0 spiro atoms. The van der Waals surface area contributed by atoms with Crippen molar-refractivity contribution in [2.75, 3.05) is 20.3 Å². The number of hydrogen-bond donors (Lipinski definition) is 0. The zero-order chi connectivity index (χ0) is 12.3. The van der Waals surface area contributed by atoms with Crippen LogP contribution in [0.3, 0.4) is 0 Å². The highest BCUT2D eigenvalue weighted by Crippen LogP contribution is 2.33. The minimum absolute atomic E-state index is 0.395. The van der Waals surface area contributed by atoms with Gasteiger partial charge >= 0.3 is 0 Å². The van der Waals surface area contributed by atoms with Crippen LogP contribution in [0.15, 0.2) is 6.07 Å². The van der Waals surface area contributed by atoms with Gasteiger partial charge in [-0.2, -0.15) is 0 Å². The van der Waals surface area contributed by atoms with Gasteiger partial charge in [0.25, 0.3) is 0 Å². The summed E-state index contributed by atoms with van der Waals surface area (Å²) in [5, 5.41) is 0. The summed E-state index contributed by atoms with van der Waals surface area (Å²) in [5.41, 5.74) is 1.36. The minimum Gasteiger partial charge on any atom is -0.381 e. The first-order chi connectivity index (χ1) is 8.20. The second kappa shape index (κ2) is 5.29. The number of nitrogens with zero attached hydrogens (tertiary/aromatic N) is 2. The number of halogens is 1. The molecule has 0 atom stereocenters. The zero-order valence-electron chi connectivity index (χ0n) is 10.2. The molecule has 2 heterocycles. The van der Waals surface area contributed by atoms with Crippen LogP contribution in [0.1, 0.15) is 30.1 Å². The molecule has 17 heavy (non-hydrogen) atoms. The van der Waals surface area contributed by atoms with Gasteiger partial charge in [-0.3, -0.25) is 0 Å². The maximum Gasteiger partial charge on any atom is 0.160 e. The molecular weight excluding hydrogens is 240 g/mol. The topological polar surface area (TPSA) is 44.2 Å². The largest absolute Gasteiger partial charge is 0.381 e. The van der Waals surface area contributed by atoms with Crippen LogP contribution in [-0.4, -0.2) is 30.3 Å². The summed E-state index contributed by atoms with van der Waals surface area (Å²) >= 11 is 5.84. The second-order valence-corrected chi connectivity index (χ2v) is 4.54. The molecule has 4 nitrogen and oxygen atoms in total. The van der Waals surface area contributed by atoms with Crippen LogP contribution < -0.4 is 0 Å². The average Bonchev–Trinajstić information content (AvgIpc) is 2.38. The van der Waals surface area contributed by atoms with E-state index in [1.807, 2.05) is 13.0 Å². The van der Waals surface area contributed by atoms with E-state index in [0.717, 1.165) is 30.1 Å². The van der Waals surface area contributed by atoms with Crippen molar-refractivity contribution >= 4 is 11.6 Å². The summed E-state index contributed by atoms with van der Waals surface area (Å²) in [6.45, 7) is 3.31. The van der Waals surface area contributed by atoms with Crippen molar-refractivity contribution in [1.29, 1.82) is 0 Å². The van der Waals surface area contributed by atoms with E-state index in [1.165, 1.54) is 0 Å². The van der Waals surface area contributed by atoms with Crippen LogP contribution >= 0.6 is 11.6 Å². The molecule has 1 aliphatic rings. The molecule has 1 aromatic rings. The lowest BCUT2D eigenvalue weighted by molar-refractivity contribution is -0.100. The smallest absolute Gasteiger partial charge is 0.160 e. The van der Waals surface area contributed by atoms with Gasteiger partial charge in [-0.15, -0.1) is 11.6 Å². The third-order valence-corrected chi connectivity index (χ3v) is 3.42. The van der Waals surface area contributed by atoms with Gasteiger partial charge in [0.15, 0.2) is 5.82 Å². The maximum absolute atomic E-state index is 5.84. The Balaban J connectivity index is 2.38. The molecule has 0 unspecified atom stereocenters. The van der Waals surface area contributed by atoms with Crippen LogP contribution in [0.5, 0.6) is 0 Å². The van der Waals surface area contributed by atoms with Gasteiger partial charge in [-0.25, -0.2) is 9.97 Å². The molecule has 1 aliphatic heterocycles. The Hall–Kier alpha value is -0.710. The third kappa shape index (κ3) is 2.59. The lowest BCUT2D eigenvalue weighted by Crippen LogP contribution is -2.37. The Morgan fingerprint density at radius 1 is 1.41 bits per heavy atom. The first-order valence-corrected chi connectivity index (χ1v) is 6.27. The van der Waals surface area contributed by atoms with Crippen LogP contribution in [0.4, 0.5) is 0 Å². The van der Waals surface area contributed by atoms with Crippen molar-refractivity contribution in [3.8, 4) is 0 Å². The monoisotopic (exact) mass is 256 g/mol. The number of methoxy groups -OCH3 is 1. The summed E-state index contributed by atoms with van der Waals surface area (Å²) in [6.07, 6.45) is 1.57. The van der Waals surface area contributed by atoms with Crippen molar-refractivity contribution < 1.29 is 9.47 Å². The molecule has 0 radical (unpaired) electrons. The molecule has 0 bridgehead atoms. The predicted molar refractivity (Wildman–Crippen MR) is 65.1 cm³/mol. The molecule has 0 saturated carbocycles. The van der Waals surface area contributed by atoms with E-state index in [4.69, 9.17) is 21.1 Å². The molecule has 0 aliphatic carbocycles. The Bertz CT molecular complexity index is 392. The molecule has 0 amide bonds. The maximum atomic E-state index is 5.84. The molecule has 2 rings (SSSR count). The molecule has 5 heteroatoms. The molecule has 1 aromatic heterocycles. The highest BCUT2D eigenvalue weighted by atomic mass is 35.5. The van der Waals surface area contributed by atoms with Crippen LogP contribution in [-0.2, 0) is 21.0 Å². The Morgan fingerprint density at radius 2 is 2.12 bits per heavy atom. The molecule has 1 saturated heterocycles. The average molecular weight is 257 g/mol. The van der Waals surface area contributed by atoms with Crippen molar-refractivity contribution in [3.05, 3.63) is 23.3 Å². The van der Waals surface area contributed by atoms with Crippen LogP contribution in [0, 0.1) is 6.92 Å². The van der Waals surface area contributed by atoms with E-state index in [1.54, 1.807) is 7.11 Å². The van der Waals surface area contributed by atoms with E-state index >= 15 is 0 Å². The number of alkyl halides is 1. The SMILES string of the molecule is COC1(c2nc(C)cc(CCl)n2)CCOCC1. The van der Waals surface area contributed by atoms with E-state index in [2.05, 4.69) is 9.97 Å². The minimum atomic E-state index is -0.412. The molecular formula is C12H17ClN2O2.